The molecule has 3 rings (SSSR count). The molecule has 1 aliphatic carbocycles. The number of nitrogens with zero attached hydrogens (tertiary/aromatic N) is 3. The van der Waals surface area contributed by atoms with Crippen LogP contribution in [0.25, 0.3) is 0 Å². The van der Waals surface area contributed by atoms with E-state index in [1.165, 1.54) is 12.8 Å². The summed E-state index contributed by atoms with van der Waals surface area (Å²) in [5.41, 5.74) is 1.13. The number of hydrogen-bond acceptors (Lipinski definition) is 5. The van der Waals surface area contributed by atoms with Crippen LogP contribution in [0.3, 0.4) is 0 Å². The summed E-state index contributed by atoms with van der Waals surface area (Å²) in [5, 5.41) is 6.97. The highest BCUT2D eigenvalue weighted by Crippen LogP contribution is 2.31. The first-order chi connectivity index (χ1) is 15.5. The van der Waals surface area contributed by atoms with Gasteiger partial charge in [-0.25, -0.2) is 0 Å². The van der Waals surface area contributed by atoms with Crippen LogP contribution in [0, 0.1) is 5.92 Å². The first-order valence-electron chi connectivity index (χ1n) is 11.6. The van der Waals surface area contributed by atoms with Gasteiger partial charge in [0.15, 0.2) is 17.5 Å². The van der Waals surface area contributed by atoms with Crippen LogP contribution < -0.4 is 20.1 Å². The highest BCUT2D eigenvalue weighted by Gasteiger charge is 2.32. The highest BCUT2D eigenvalue weighted by atomic mass is 16.5. The molecule has 0 spiro atoms. The van der Waals surface area contributed by atoms with Crippen molar-refractivity contribution in [2.24, 2.45) is 10.9 Å². The minimum absolute atomic E-state index is 0.123. The largest absolute Gasteiger partial charge is 0.493 e. The summed E-state index contributed by atoms with van der Waals surface area (Å²) in [6, 6.07) is 6.37. The Bertz CT molecular complexity index is 792. The van der Waals surface area contributed by atoms with Gasteiger partial charge in [-0.05, 0) is 51.1 Å². The Kier molecular flexibility index (Phi) is 8.61. The van der Waals surface area contributed by atoms with E-state index in [-0.39, 0.29) is 18.0 Å². The summed E-state index contributed by atoms with van der Waals surface area (Å²) in [4.78, 5) is 21.3. The lowest BCUT2D eigenvalue weighted by Gasteiger charge is -2.27. The average Bonchev–Trinajstić information content (AvgIpc) is 3.50. The third kappa shape index (κ3) is 5.85. The Hall–Kier alpha value is -2.48. The zero-order valence-corrected chi connectivity index (χ0v) is 20.2. The Labute approximate surface area is 192 Å². The predicted molar refractivity (Wildman–Crippen MR) is 127 cm³/mol. The fourth-order valence-electron chi connectivity index (χ4n) is 4.75. The lowest BCUT2D eigenvalue weighted by Crippen LogP contribution is -2.47. The van der Waals surface area contributed by atoms with Crippen molar-refractivity contribution < 1.29 is 14.3 Å². The molecule has 1 heterocycles. The van der Waals surface area contributed by atoms with Crippen LogP contribution >= 0.6 is 0 Å². The van der Waals surface area contributed by atoms with Gasteiger partial charge in [0.2, 0.25) is 5.91 Å². The molecule has 1 saturated heterocycles. The van der Waals surface area contributed by atoms with E-state index in [2.05, 4.69) is 40.7 Å². The summed E-state index contributed by atoms with van der Waals surface area (Å²) in [5.74, 6) is 2.79. The summed E-state index contributed by atoms with van der Waals surface area (Å²) in [7, 11) is 9.20. The molecule has 8 heteroatoms. The van der Waals surface area contributed by atoms with E-state index >= 15 is 0 Å². The summed E-state index contributed by atoms with van der Waals surface area (Å²) in [6.07, 6.45) is 5.44. The number of rotatable bonds is 8. The van der Waals surface area contributed by atoms with Gasteiger partial charge in [0.25, 0.3) is 0 Å². The number of guanidine groups is 1. The number of carbonyl (C=O) groups is 1. The normalized spacial score (nSPS) is 20.5. The van der Waals surface area contributed by atoms with Crippen LogP contribution in [0.15, 0.2) is 23.2 Å². The van der Waals surface area contributed by atoms with Gasteiger partial charge in [0.1, 0.15) is 0 Å². The quantitative estimate of drug-likeness (QED) is 0.472. The second-order valence-corrected chi connectivity index (χ2v) is 8.94. The summed E-state index contributed by atoms with van der Waals surface area (Å²) < 4.78 is 10.8. The van der Waals surface area contributed by atoms with Gasteiger partial charge in [0, 0.05) is 38.6 Å². The Morgan fingerprint density at radius 3 is 2.53 bits per heavy atom. The molecule has 1 aliphatic heterocycles. The molecular formula is C24H39N5O3. The van der Waals surface area contributed by atoms with E-state index < -0.39 is 0 Å². The molecule has 0 radical (unpaired) electrons. The molecule has 2 atom stereocenters. The second kappa shape index (κ2) is 11.4. The molecule has 1 aromatic carbocycles. The zero-order chi connectivity index (χ0) is 23.1. The van der Waals surface area contributed by atoms with E-state index in [0.717, 1.165) is 55.4 Å². The van der Waals surface area contributed by atoms with Crippen LogP contribution in [0.5, 0.6) is 11.5 Å². The van der Waals surface area contributed by atoms with Crippen LogP contribution in [-0.4, -0.2) is 82.7 Å². The highest BCUT2D eigenvalue weighted by molar-refractivity contribution is 5.81. The maximum Gasteiger partial charge on any atom is 0.225 e. The van der Waals surface area contributed by atoms with Crippen molar-refractivity contribution in [2.75, 3.05) is 55.0 Å². The van der Waals surface area contributed by atoms with Gasteiger partial charge < -0.3 is 29.9 Å². The molecule has 0 bridgehead atoms. The van der Waals surface area contributed by atoms with Gasteiger partial charge in [-0.2, -0.15) is 0 Å². The molecule has 1 saturated carbocycles. The zero-order valence-electron chi connectivity index (χ0n) is 20.2. The van der Waals surface area contributed by atoms with Gasteiger partial charge >= 0.3 is 0 Å². The van der Waals surface area contributed by atoms with Gasteiger partial charge in [0.05, 0.1) is 20.3 Å². The SMILES string of the molecule is CN=C(NCC(c1ccc(OC)c(OC)c1)N(C)C)NC1CCN(C(=O)C2CCCC2)C1. The number of ether oxygens (including phenoxy) is 2. The molecule has 0 aromatic heterocycles. The van der Waals surface area contributed by atoms with Crippen LogP contribution in [0.2, 0.25) is 0 Å². The third-order valence-electron chi connectivity index (χ3n) is 6.65. The standard InChI is InChI=1S/C24H39N5O3/c1-25-24(27-19-12-13-29(16-19)23(30)17-8-6-7-9-17)26-15-20(28(2)3)18-10-11-21(31-4)22(14-18)32-5/h10-11,14,17,19-20H,6-9,12-13,15-16H2,1-5H3,(H2,25,26,27). The molecule has 32 heavy (non-hydrogen) atoms. The van der Waals surface area contributed by atoms with Crippen molar-refractivity contribution >= 4 is 11.9 Å². The topological polar surface area (TPSA) is 78.4 Å². The maximum atomic E-state index is 12.7. The number of carbonyl (C=O) groups excluding carboxylic acids is 1. The van der Waals surface area contributed by atoms with Crippen molar-refractivity contribution in [2.45, 2.75) is 44.2 Å². The Morgan fingerprint density at radius 1 is 1.19 bits per heavy atom. The van der Waals surface area contributed by atoms with Crippen molar-refractivity contribution in [3.8, 4) is 11.5 Å². The third-order valence-corrected chi connectivity index (χ3v) is 6.65. The number of benzene rings is 1. The van der Waals surface area contributed by atoms with E-state index in [9.17, 15) is 4.79 Å². The predicted octanol–water partition coefficient (Wildman–Crippen LogP) is 2.26. The van der Waals surface area contributed by atoms with Crippen LogP contribution in [0.4, 0.5) is 0 Å². The first-order valence-corrected chi connectivity index (χ1v) is 11.6. The monoisotopic (exact) mass is 445 g/mol. The number of likely N-dealkylation sites (N-methyl/N-ethyl adjacent to an activating group) is 1. The smallest absolute Gasteiger partial charge is 0.225 e. The summed E-state index contributed by atoms with van der Waals surface area (Å²) in [6.45, 7) is 2.26. The molecule has 2 N–H and O–H groups in total. The van der Waals surface area contributed by atoms with Crippen LogP contribution in [-0.2, 0) is 4.79 Å². The van der Waals surface area contributed by atoms with Gasteiger partial charge in [-0.1, -0.05) is 18.9 Å². The van der Waals surface area contributed by atoms with Crippen LogP contribution in [0.1, 0.15) is 43.7 Å². The van der Waals surface area contributed by atoms with Crippen molar-refractivity contribution in [3.63, 3.8) is 0 Å². The number of hydrogen-bond donors (Lipinski definition) is 2. The van der Waals surface area contributed by atoms with Crippen molar-refractivity contribution in [1.82, 2.24) is 20.4 Å². The Balaban J connectivity index is 1.56. The van der Waals surface area contributed by atoms with E-state index in [0.29, 0.717) is 12.5 Å². The Morgan fingerprint density at radius 2 is 1.91 bits per heavy atom. The van der Waals surface area contributed by atoms with E-state index in [4.69, 9.17) is 9.47 Å². The molecule has 2 aliphatic rings. The number of methoxy groups -OCH3 is 2. The number of aliphatic imine (C=N–C) groups is 1. The average molecular weight is 446 g/mol. The lowest BCUT2D eigenvalue weighted by atomic mass is 10.1. The molecular weight excluding hydrogens is 406 g/mol. The van der Waals surface area contributed by atoms with E-state index in [1.807, 2.05) is 17.0 Å². The molecule has 2 fully saturated rings. The molecule has 2 unspecified atom stereocenters. The minimum Gasteiger partial charge on any atom is -0.493 e. The molecule has 1 aromatic rings. The molecule has 178 valence electrons. The van der Waals surface area contributed by atoms with Gasteiger partial charge in [-0.15, -0.1) is 0 Å². The fraction of sp³-hybridized carbons (Fsp3) is 0.667. The number of nitrogens with one attached hydrogen (secondary N) is 2. The second-order valence-electron chi connectivity index (χ2n) is 8.94. The summed E-state index contributed by atoms with van der Waals surface area (Å²) >= 11 is 0. The first kappa shape index (κ1) is 24.2. The van der Waals surface area contributed by atoms with Gasteiger partial charge in [-0.3, -0.25) is 9.79 Å². The maximum absolute atomic E-state index is 12.7. The lowest BCUT2D eigenvalue weighted by molar-refractivity contribution is -0.134. The molecule has 1 amide bonds. The molecule has 8 nitrogen and oxygen atoms in total. The van der Waals surface area contributed by atoms with E-state index in [1.54, 1.807) is 21.3 Å². The fourth-order valence-corrected chi connectivity index (χ4v) is 4.75. The number of amides is 1. The van der Waals surface area contributed by atoms with Crippen molar-refractivity contribution in [3.05, 3.63) is 23.8 Å². The minimum atomic E-state index is 0.123. The number of likely N-dealkylation sites (tertiary alicyclic amines) is 1. The van der Waals surface area contributed by atoms with Crippen molar-refractivity contribution in [1.29, 1.82) is 0 Å².